The fraction of sp³-hybridized carbons (Fsp3) is 0.941. The highest BCUT2D eigenvalue weighted by Gasteiger charge is 2.30. The van der Waals surface area contributed by atoms with Gasteiger partial charge in [0.2, 0.25) is 5.91 Å². The van der Waals surface area contributed by atoms with Gasteiger partial charge in [0, 0.05) is 11.6 Å². The van der Waals surface area contributed by atoms with E-state index in [2.05, 4.69) is 50.2 Å². The smallest absolute Gasteiger partial charge is 0.237 e. The summed E-state index contributed by atoms with van der Waals surface area (Å²) in [5, 5.41) is 6.69. The van der Waals surface area contributed by atoms with Crippen molar-refractivity contribution in [3.8, 4) is 0 Å². The molecule has 0 spiro atoms. The Kier molecular flexibility index (Phi) is 7.14. The zero-order valence-corrected chi connectivity index (χ0v) is 14.8. The Labute approximate surface area is 131 Å². The van der Waals surface area contributed by atoms with E-state index >= 15 is 0 Å². The van der Waals surface area contributed by atoms with Crippen molar-refractivity contribution >= 4 is 5.91 Å². The first kappa shape index (κ1) is 18.4. The maximum Gasteiger partial charge on any atom is 0.237 e. The molecule has 4 heteroatoms. The van der Waals surface area contributed by atoms with Gasteiger partial charge in [-0.2, -0.15) is 0 Å². The van der Waals surface area contributed by atoms with Gasteiger partial charge in [-0.1, -0.05) is 13.8 Å². The minimum Gasteiger partial charge on any atom is -0.350 e. The van der Waals surface area contributed by atoms with Gasteiger partial charge in [0.05, 0.1) is 6.04 Å². The van der Waals surface area contributed by atoms with Crippen LogP contribution in [0.15, 0.2) is 0 Å². The SMILES string of the molecule is CCNC(C)C1CCN(C(C)C(=O)NC(C)(C)CC)CC1. The van der Waals surface area contributed by atoms with Gasteiger partial charge in [-0.15, -0.1) is 0 Å². The number of carbonyl (C=O) groups is 1. The van der Waals surface area contributed by atoms with Gasteiger partial charge >= 0.3 is 0 Å². The second kappa shape index (κ2) is 8.14. The third-order valence-electron chi connectivity index (χ3n) is 5.08. The highest BCUT2D eigenvalue weighted by atomic mass is 16.2. The van der Waals surface area contributed by atoms with Crippen LogP contribution < -0.4 is 10.6 Å². The third-order valence-corrected chi connectivity index (χ3v) is 5.08. The van der Waals surface area contributed by atoms with Crippen LogP contribution in [0, 0.1) is 5.92 Å². The second-order valence-corrected chi connectivity index (χ2v) is 7.12. The summed E-state index contributed by atoms with van der Waals surface area (Å²) in [6, 6.07) is 0.562. The van der Waals surface area contributed by atoms with E-state index in [0.29, 0.717) is 6.04 Å². The third kappa shape index (κ3) is 5.59. The number of amides is 1. The molecule has 1 heterocycles. The molecule has 1 amide bonds. The first-order valence-electron chi connectivity index (χ1n) is 8.60. The molecule has 2 unspecified atom stereocenters. The van der Waals surface area contributed by atoms with Crippen molar-refractivity contribution < 1.29 is 4.79 Å². The summed E-state index contributed by atoms with van der Waals surface area (Å²) in [4.78, 5) is 14.7. The van der Waals surface area contributed by atoms with Crippen LogP contribution >= 0.6 is 0 Å². The first-order valence-corrected chi connectivity index (χ1v) is 8.60. The van der Waals surface area contributed by atoms with Crippen molar-refractivity contribution in [2.75, 3.05) is 19.6 Å². The number of likely N-dealkylation sites (tertiary alicyclic amines) is 1. The highest BCUT2D eigenvalue weighted by Crippen LogP contribution is 2.22. The van der Waals surface area contributed by atoms with Crippen LogP contribution in [0.3, 0.4) is 0 Å². The lowest BCUT2D eigenvalue weighted by molar-refractivity contribution is -0.128. The summed E-state index contributed by atoms with van der Waals surface area (Å²) in [6.07, 6.45) is 3.32. The molecule has 1 fully saturated rings. The number of nitrogens with zero attached hydrogens (tertiary/aromatic N) is 1. The Balaban J connectivity index is 2.44. The van der Waals surface area contributed by atoms with Crippen LogP contribution in [0.4, 0.5) is 0 Å². The van der Waals surface area contributed by atoms with Gasteiger partial charge in [0.25, 0.3) is 0 Å². The lowest BCUT2D eigenvalue weighted by Gasteiger charge is -2.38. The maximum absolute atomic E-state index is 12.4. The van der Waals surface area contributed by atoms with Crippen LogP contribution in [-0.4, -0.2) is 48.1 Å². The molecule has 21 heavy (non-hydrogen) atoms. The van der Waals surface area contributed by atoms with Crippen LogP contribution in [-0.2, 0) is 4.79 Å². The molecule has 124 valence electrons. The minimum absolute atomic E-state index is 0.0220. The van der Waals surface area contributed by atoms with E-state index in [1.807, 2.05) is 6.92 Å². The average molecular weight is 297 g/mol. The largest absolute Gasteiger partial charge is 0.350 e. The fourth-order valence-electron chi connectivity index (χ4n) is 2.99. The first-order chi connectivity index (χ1) is 9.80. The molecule has 2 N–H and O–H groups in total. The van der Waals surface area contributed by atoms with E-state index in [1.54, 1.807) is 0 Å². The molecule has 0 bridgehead atoms. The van der Waals surface area contributed by atoms with Crippen molar-refractivity contribution in [1.29, 1.82) is 0 Å². The molecular weight excluding hydrogens is 262 g/mol. The molecule has 0 aromatic heterocycles. The maximum atomic E-state index is 12.4. The second-order valence-electron chi connectivity index (χ2n) is 7.12. The van der Waals surface area contributed by atoms with Crippen LogP contribution in [0.25, 0.3) is 0 Å². The summed E-state index contributed by atoms with van der Waals surface area (Å²) in [7, 11) is 0. The van der Waals surface area contributed by atoms with Gasteiger partial charge < -0.3 is 10.6 Å². The molecule has 1 rings (SSSR count). The number of hydrogen-bond donors (Lipinski definition) is 2. The van der Waals surface area contributed by atoms with Crippen molar-refractivity contribution in [2.24, 2.45) is 5.92 Å². The zero-order valence-electron chi connectivity index (χ0n) is 14.8. The molecule has 0 aromatic rings. The summed E-state index contributed by atoms with van der Waals surface area (Å²) in [6.45, 7) is 15.9. The lowest BCUT2D eigenvalue weighted by atomic mass is 9.89. The molecule has 0 saturated carbocycles. The summed E-state index contributed by atoms with van der Waals surface area (Å²) in [5.41, 5.74) is -0.108. The van der Waals surface area contributed by atoms with Gasteiger partial charge in [0.1, 0.15) is 0 Å². The quantitative estimate of drug-likeness (QED) is 0.758. The van der Waals surface area contributed by atoms with Crippen molar-refractivity contribution in [1.82, 2.24) is 15.5 Å². The van der Waals surface area contributed by atoms with E-state index in [-0.39, 0.29) is 17.5 Å². The van der Waals surface area contributed by atoms with Crippen molar-refractivity contribution in [2.45, 2.75) is 78.4 Å². The van der Waals surface area contributed by atoms with Gasteiger partial charge in [-0.05, 0) is 72.5 Å². The molecule has 1 aliphatic heterocycles. The molecule has 0 aromatic carbocycles. The van der Waals surface area contributed by atoms with Gasteiger partial charge in [-0.3, -0.25) is 9.69 Å². The Morgan fingerprint density at radius 1 is 1.24 bits per heavy atom. The van der Waals surface area contributed by atoms with Crippen LogP contribution in [0.2, 0.25) is 0 Å². The van der Waals surface area contributed by atoms with Gasteiger partial charge in [-0.25, -0.2) is 0 Å². The summed E-state index contributed by atoms with van der Waals surface area (Å²) < 4.78 is 0. The molecule has 1 saturated heterocycles. The standard InChI is InChI=1S/C17H35N3O/c1-7-17(5,6)19-16(21)14(4)20-11-9-15(10-12-20)13(3)18-8-2/h13-15,18H,7-12H2,1-6H3,(H,19,21). The fourth-order valence-corrected chi connectivity index (χ4v) is 2.99. The van der Waals surface area contributed by atoms with E-state index in [4.69, 9.17) is 0 Å². The van der Waals surface area contributed by atoms with Crippen LogP contribution in [0.1, 0.15) is 60.8 Å². The lowest BCUT2D eigenvalue weighted by Crippen LogP contribution is -2.54. The highest BCUT2D eigenvalue weighted by molar-refractivity contribution is 5.82. The normalized spacial score (nSPS) is 21.0. The Bertz CT molecular complexity index is 322. The zero-order chi connectivity index (χ0) is 16.0. The number of hydrogen-bond acceptors (Lipinski definition) is 3. The molecule has 1 aliphatic rings. The Hall–Kier alpha value is -0.610. The van der Waals surface area contributed by atoms with Crippen molar-refractivity contribution in [3.05, 3.63) is 0 Å². The average Bonchev–Trinajstić information content (AvgIpc) is 2.46. The number of piperidine rings is 1. The minimum atomic E-state index is -0.108. The number of carbonyl (C=O) groups excluding carboxylic acids is 1. The number of nitrogens with one attached hydrogen (secondary N) is 2. The van der Waals surface area contributed by atoms with Gasteiger partial charge in [0.15, 0.2) is 0 Å². The van der Waals surface area contributed by atoms with E-state index in [9.17, 15) is 4.79 Å². The predicted molar refractivity (Wildman–Crippen MR) is 89.4 cm³/mol. The topological polar surface area (TPSA) is 44.4 Å². The predicted octanol–water partition coefficient (Wildman–Crippen LogP) is 2.39. The van der Waals surface area contributed by atoms with Crippen molar-refractivity contribution in [3.63, 3.8) is 0 Å². The molecule has 0 radical (unpaired) electrons. The molecule has 0 aliphatic carbocycles. The summed E-state index contributed by atoms with van der Waals surface area (Å²) >= 11 is 0. The Morgan fingerprint density at radius 3 is 2.29 bits per heavy atom. The Morgan fingerprint density at radius 2 is 1.81 bits per heavy atom. The van der Waals surface area contributed by atoms with E-state index < -0.39 is 0 Å². The van der Waals surface area contributed by atoms with Crippen LogP contribution in [0.5, 0.6) is 0 Å². The molecular formula is C17H35N3O. The van der Waals surface area contributed by atoms with E-state index in [0.717, 1.165) is 32.0 Å². The monoisotopic (exact) mass is 297 g/mol. The summed E-state index contributed by atoms with van der Waals surface area (Å²) in [5.74, 6) is 0.906. The molecule has 2 atom stereocenters. The number of rotatable bonds is 7. The van der Waals surface area contributed by atoms with E-state index in [1.165, 1.54) is 12.8 Å². The molecule has 4 nitrogen and oxygen atoms in total.